The highest BCUT2D eigenvalue weighted by Gasteiger charge is 2.25. The van der Waals surface area contributed by atoms with Crippen molar-refractivity contribution in [2.75, 3.05) is 0 Å². The summed E-state index contributed by atoms with van der Waals surface area (Å²) in [5.41, 5.74) is 9.44. The van der Waals surface area contributed by atoms with Crippen LogP contribution in [0, 0.1) is 0 Å². The van der Waals surface area contributed by atoms with Crippen molar-refractivity contribution in [2.45, 2.75) is 6.17 Å². The SMILES string of the molecule is c1ccc(C2=NC(c3ccc4ccc(-c5ccccc5)cc4c3)=NC(c3cccc4oc5cc(-c6cccc7c6sc6ccccc67)ccc5c34)N2)cc1. The molecule has 10 aromatic rings. The lowest BCUT2D eigenvalue weighted by Crippen LogP contribution is -2.33. The fraction of sp³-hybridized carbons (Fsp3) is 0.0204. The number of thiophene rings is 1. The summed E-state index contributed by atoms with van der Waals surface area (Å²) in [7, 11) is 0. The molecule has 1 unspecified atom stereocenters. The lowest BCUT2D eigenvalue weighted by molar-refractivity contribution is 0.662. The van der Waals surface area contributed by atoms with Gasteiger partial charge in [-0.2, -0.15) is 0 Å². The Hall–Kier alpha value is -6.82. The maximum atomic E-state index is 6.63. The summed E-state index contributed by atoms with van der Waals surface area (Å²) in [5.74, 6) is 1.47. The van der Waals surface area contributed by atoms with Crippen LogP contribution in [0.5, 0.6) is 0 Å². The van der Waals surface area contributed by atoms with E-state index in [-0.39, 0.29) is 0 Å². The van der Waals surface area contributed by atoms with Gasteiger partial charge in [-0.25, -0.2) is 9.98 Å². The zero-order valence-corrected chi connectivity index (χ0v) is 29.8. The van der Waals surface area contributed by atoms with Crippen LogP contribution in [0.3, 0.4) is 0 Å². The van der Waals surface area contributed by atoms with E-state index in [0.29, 0.717) is 5.84 Å². The fourth-order valence-corrected chi connectivity index (χ4v) is 9.14. The molecule has 5 heteroatoms. The van der Waals surface area contributed by atoms with Crippen LogP contribution in [0.4, 0.5) is 0 Å². The van der Waals surface area contributed by atoms with E-state index in [9.17, 15) is 0 Å². The normalized spacial score (nSPS) is 14.5. The first-order valence-corrected chi connectivity index (χ1v) is 19.0. The van der Waals surface area contributed by atoms with E-state index >= 15 is 0 Å². The number of nitrogens with one attached hydrogen (secondary N) is 1. The van der Waals surface area contributed by atoms with Crippen molar-refractivity contribution in [3.8, 4) is 22.3 Å². The number of fused-ring (bicyclic) bond motifs is 7. The van der Waals surface area contributed by atoms with E-state index in [1.54, 1.807) is 0 Å². The van der Waals surface area contributed by atoms with Gasteiger partial charge < -0.3 is 9.73 Å². The second-order valence-electron chi connectivity index (χ2n) is 13.8. The average Bonchev–Trinajstić information content (AvgIpc) is 3.82. The van der Waals surface area contributed by atoms with Crippen LogP contribution < -0.4 is 5.32 Å². The molecule has 0 bridgehead atoms. The summed E-state index contributed by atoms with van der Waals surface area (Å²) in [5, 5.41) is 10.7. The highest BCUT2D eigenvalue weighted by molar-refractivity contribution is 7.26. The van der Waals surface area contributed by atoms with Crippen LogP contribution in [0.1, 0.15) is 22.9 Å². The molecule has 1 atom stereocenters. The Morgan fingerprint density at radius 2 is 1.22 bits per heavy atom. The summed E-state index contributed by atoms with van der Waals surface area (Å²) in [6, 6.07) is 62.1. The number of aliphatic imine (C=N–C) groups is 2. The van der Waals surface area contributed by atoms with Crippen molar-refractivity contribution >= 4 is 75.9 Å². The van der Waals surface area contributed by atoms with Crippen molar-refractivity contribution in [1.82, 2.24) is 5.32 Å². The molecule has 2 aromatic heterocycles. The Kier molecular flexibility index (Phi) is 7.07. The molecule has 0 amide bonds. The zero-order valence-electron chi connectivity index (χ0n) is 29.0. The minimum atomic E-state index is -0.393. The van der Waals surface area contributed by atoms with Gasteiger partial charge in [0.05, 0.1) is 0 Å². The summed E-state index contributed by atoms with van der Waals surface area (Å²) in [6.07, 6.45) is -0.393. The minimum Gasteiger partial charge on any atom is -0.456 e. The number of furan rings is 1. The Morgan fingerprint density at radius 1 is 0.500 bits per heavy atom. The highest BCUT2D eigenvalue weighted by atomic mass is 32.1. The van der Waals surface area contributed by atoms with Crippen LogP contribution in [-0.2, 0) is 0 Å². The van der Waals surface area contributed by atoms with Gasteiger partial charge in [-0.15, -0.1) is 11.3 Å². The minimum absolute atomic E-state index is 0.393. The number of hydrogen-bond donors (Lipinski definition) is 1. The molecular weight excluding hydrogens is 679 g/mol. The van der Waals surface area contributed by atoms with Gasteiger partial charge in [-0.3, -0.25) is 0 Å². The van der Waals surface area contributed by atoms with Crippen molar-refractivity contribution in [3.05, 3.63) is 193 Å². The van der Waals surface area contributed by atoms with Gasteiger partial charge >= 0.3 is 0 Å². The topological polar surface area (TPSA) is 49.9 Å². The molecule has 0 radical (unpaired) electrons. The average molecular weight is 710 g/mol. The Morgan fingerprint density at radius 3 is 2.09 bits per heavy atom. The summed E-state index contributed by atoms with van der Waals surface area (Å²) in [6.45, 7) is 0. The van der Waals surface area contributed by atoms with Crippen LogP contribution in [0.15, 0.2) is 190 Å². The van der Waals surface area contributed by atoms with Crippen molar-refractivity contribution in [1.29, 1.82) is 0 Å². The molecule has 8 aromatic carbocycles. The summed E-state index contributed by atoms with van der Waals surface area (Å²) in [4.78, 5) is 10.5. The molecule has 4 nitrogen and oxygen atoms in total. The van der Waals surface area contributed by atoms with Gasteiger partial charge in [0.1, 0.15) is 23.2 Å². The van der Waals surface area contributed by atoms with Gasteiger partial charge in [-0.1, -0.05) is 140 Å². The number of nitrogens with zero attached hydrogens (tertiary/aromatic N) is 2. The molecule has 0 saturated carbocycles. The molecule has 0 aliphatic carbocycles. The Labute approximate surface area is 315 Å². The van der Waals surface area contributed by atoms with Crippen molar-refractivity contribution in [2.24, 2.45) is 9.98 Å². The predicted octanol–water partition coefficient (Wildman–Crippen LogP) is 12.9. The molecule has 11 rings (SSSR count). The first kappa shape index (κ1) is 30.8. The molecule has 1 N–H and O–H groups in total. The number of hydrogen-bond acceptors (Lipinski definition) is 5. The fourth-order valence-electron chi connectivity index (χ4n) is 7.90. The quantitative estimate of drug-likeness (QED) is 0.193. The molecule has 1 aliphatic heterocycles. The highest BCUT2D eigenvalue weighted by Crippen LogP contribution is 2.42. The Balaban J connectivity index is 1.04. The van der Waals surface area contributed by atoms with E-state index in [0.717, 1.165) is 55.4 Å². The molecule has 0 fully saturated rings. The van der Waals surface area contributed by atoms with E-state index in [4.69, 9.17) is 14.4 Å². The van der Waals surface area contributed by atoms with E-state index in [2.05, 4.69) is 163 Å². The smallest absolute Gasteiger partial charge is 0.159 e. The molecule has 0 spiro atoms. The lowest BCUT2D eigenvalue weighted by Gasteiger charge is -2.24. The number of rotatable bonds is 5. The van der Waals surface area contributed by atoms with Gasteiger partial charge in [0, 0.05) is 47.6 Å². The molecular formula is C49H31N3OS. The number of benzene rings is 8. The maximum Gasteiger partial charge on any atom is 0.159 e. The second-order valence-corrected chi connectivity index (χ2v) is 14.8. The Bertz CT molecular complexity index is 3140. The van der Waals surface area contributed by atoms with E-state index in [1.807, 2.05) is 29.5 Å². The monoisotopic (exact) mass is 709 g/mol. The third-order valence-corrected chi connectivity index (χ3v) is 11.8. The lowest BCUT2D eigenvalue weighted by atomic mass is 9.98. The predicted molar refractivity (Wildman–Crippen MR) is 227 cm³/mol. The van der Waals surface area contributed by atoms with Gasteiger partial charge in [0.2, 0.25) is 0 Å². The van der Waals surface area contributed by atoms with E-state index < -0.39 is 6.17 Å². The van der Waals surface area contributed by atoms with Gasteiger partial charge in [0.15, 0.2) is 5.84 Å². The van der Waals surface area contributed by atoms with Gasteiger partial charge in [0.25, 0.3) is 0 Å². The van der Waals surface area contributed by atoms with Crippen LogP contribution in [0.2, 0.25) is 0 Å². The summed E-state index contributed by atoms with van der Waals surface area (Å²) < 4.78 is 9.22. The van der Waals surface area contributed by atoms with Crippen LogP contribution in [-0.4, -0.2) is 11.7 Å². The largest absolute Gasteiger partial charge is 0.456 e. The zero-order chi connectivity index (χ0) is 35.6. The second kappa shape index (κ2) is 12.4. The third-order valence-electron chi connectivity index (χ3n) is 10.5. The first-order chi connectivity index (χ1) is 26.7. The standard InChI is InChI=1S/C49H31N3OS/c1-3-11-30(12-4-1)33-23-21-31-22-24-35(28-36(31)27-33)48-50-47(32-13-5-2-6-14-32)51-49(52-48)41-18-10-19-42-45(41)40-26-25-34(29-43(40)53-42)37-16-9-17-39-38-15-7-8-20-44(38)54-46(37)39/h1-29,49H,(H,50,51,52). The molecule has 3 heterocycles. The van der Waals surface area contributed by atoms with Gasteiger partial charge in [-0.05, 0) is 69.4 Å². The van der Waals surface area contributed by atoms with Crippen molar-refractivity contribution in [3.63, 3.8) is 0 Å². The first-order valence-electron chi connectivity index (χ1n) is 18.2. The van der Waals surface area contributed by atoms with Crippen LogP contribution >= 0.6 is 11.3 Å². The number of amidine groups is 2. The van der Waals surface area contributed by atoms with Crippen LogP contribution in [0.25, 0.3) is 75.1 Å². The van der Waals surface area contributed by atoms with Crippen molar-refractivity contribution < 1.29 is 4.42 Å². The molecule has 0 saturated heterocycles. The molecule has 1 aliphatic rings. The third kappa shape index (κ3) is 5.12. The summed E-state index contributed by atoms with van der Waals surface area (Å²) >= 11 is 1.85. The van der Waals surface area contributed by atoms with E-state index in [1.165, 1.54) is 42.2 Å². The maximum absolute atomic E-state index is 6.63. The molecule has 54 heavy (non-hydrogen) atoms. The molecule has 254 valence electrons.